The maximum atomic E-state index is 12.1. The number of hydrogen-bond acceptors (Lipinski definition) is 4. The summed E-state index contributed by atoms with van der Waals surface area (Å²) in [6.07, 6.45) is 6.33. The molecule has 0 aliphatic carbocycles. The van der Waals surface area contributed by atoms with E-state index in [1.807, 2.05) is 16.8 Å². The van der Waals surface area contributed by atoms with Crippen molar-refractivity contribution in [2.24, 2.45) is 0 Å². The number of furan rings is 1. The van der Waals surface area contributed by atoms with Crippen LogP contribution in [0.3, 0.4) is 0 Å². The number of amides is 2. The van der Waals surface area contributed by atoms with Crippen LogP contribution in [0.4, 0.5) is 0 Å². The van der Waals surface area contributed by atoms with E-state index in [9.17, 15) is 9.59 Å². The Labute approximate surface area is 138 Å². The van der Waals surface area contributed by atoms with Gasteiger partial charge in [0.1, 0.15) is 5.76 Å². The van der Waals surface area contributed by atoms with Crippen LogP contribution in [0.25, 0.3) is 6.08 Å². The van der Waals surface area contributed by atoms with Crippen LogP contribution in [0.5, 0.6) is 0 Å². The maximum absolute atomic E-state index is 12.1. The first kappa shape index (κ1) is 15.6. The summed E-state index contributed by atoms with van der Waals surface area (Å²) >= 11 is 1.51. The summed E-state index contributed by atoms with van der Waals surface area (Å²) in [5.74, 6) is 0.606. The van der Waals surface area contributed by atoms with Gasteiger partial charge in [0.15, 0.2) is 0 Å². The minimum atomic E-state index is -0.0336. The lowest BCUT2D eigenvalue weighted by molar-refractivity contribution is -0.127. The van der Waals surface area contributed by atoms with Crippen molar-refractivity contribution >= 4 is 29.2 Å². The van der Waals surface area contributed by atoms with E-state index >= 15 is 0 Å². The van der Waals surface area contributed by atoms with Gasteiger partial charge in [-0.25, -0.2) is 0 Å². The highest BCUT2D eigenvalue weighted by atomic mass is 32.1. The van der Waals surface area contributed by atoms with Crippen LogP contribution < -0.4 is 5.32 Å². The third-order valence-corrected chi connectivity index (χ3v) is 4.54. The first-order valence-electron chi connectivity index (χ1n) is 7.56. The maximum Gasteiger partial charge on any atom is 0.252 e. The average molecular weight is 330 g/mol. The second-order valence-corrected chi connectivity index (χ2v) is 6.21. The first-order chi connectivity index (χ1) is 11.2. The Morgan fingerprint density at radius 2 is 2.13 bits per heavy atom. The summed E-state index contributed by atoms with van der Waals surface area (Å²) in [5, 5.41) is 6.76. The lowest BCUT2D eigenvalue weighted by Gasteiger charge is -2.31. The van der Waals surface area contributed by atoms with E-state index < -0.39 is 0 Å². The number of thiophene rings is 1. The molecule has 0 bridgehead atoms. The van der Waals surface area contributed by atoms with Crippen molar-refractivity contribution in [1.82, 2.24) is 10.2 Å². The molecule has 0 saturated carbocycles. The van der Waals surface area contributed by atoms with E-state index in [0.29, 0.717) is 24.4 Å². The van der Waals surface area contributed by atoms with Crippen LogP contribution in [0.15, 0.2) is 45.7 Å². The fourth-order valence-electron chi connectivity index (χ4n) is 2.55. The topological polar surface area (TPSA) is 62.6 Å². The third kappa shape index (κ3) is 4.10. The largest absolute Gasteiger partial charge is 0.465 e. The number of hydrogen-bond donors (Lipinski definition) is 1. The van der Waals surface area contributed by atoms with Crippen molar-refractivity contribution in [2.45, 2.75) is 18.9 Å². The van der Waals surface area contributed by atoms with Crippen molar-refractivity contribution in [1.29, 1.82) is 0 Å². The molecule has 0 spiro atoms. The standard InChI is InChI=1S/C17H18N2O3S/c20-16(4-3-15-2-1-10-22-15)19-8-5-14(6-9-19)18-17(21)13-7-11-23-12-13/h1-4,7,10-12,14H,5-6,8-9H2,(H,18,21)/b4-3+. The molecule has 6 heteroatoms. The van der Waals surface area contributed by atoms with E-state index in [0.717, 1.165) is 12.8 Å². The van der Waals surface area contributed by atoms with Gasteiger partial charge in [-0.05, 0) is 42.5 Å². The number of nitrogens with zero attached hydrogens (tertiary/aromatic N) is 1. The normalized spacial score (nSPS) is 15.9. The van der Waals surface area contributed by atoms with Gasteiger partial charge in [-0.1, -0.05) is 0 Å². The summed E-state index contributed by atoms with van der Waals surface area (Å²) in [6.45, 7) is 1.30. The number of rotatable bonds is 4. The van der Waals surface area contributed by atoms with Crippen LogP contribution in [0.1, 0.15) is 29.0 Å². The number of likely N-dealkylation sites (tertiary alicyclic amines) is 1. The molecule has 120 valence electrons. The van der Waals surface area contributed by atoms with Crippen molar-refractivity contribution < 1.29 is 14.0 Å². The van der Waals surface area contributed by atoms with Gasteiger partial charge in [0.25, 0.3) is 5.91 Å². The second-order valence-electron chi connectivity index (χ2n) is 5.43. The van der Waals surface area contributed by atoms with Crippen LogP contribution in [-0.2, 0) is 4.79 Å². The molecule has 1 saturated heterocycles. The van der Waals surface area contributed by atoms with Crippen LogP contribution in [-0.4, -0.2) is 35.8 Å². The van der Waals surface area contributed by atoms with E-state index in [-0.39, 0.29) is 17.9 Å². The van der Waals surface area contributed by atoms with Gasteiger partial charge in [0.05, 0.1) is 6.26 Å². The molecule has 0 atom stereocenters. The van der Waals surface area contributed by atoms with Gasteiger partial charge in [0.2, 0.25) is 5.91 Å². The van der Waals surface area contributed by atoms with Crippen molar-refractivity contribution in [3.63, 3.8) is 0 Å². The minimum absolute atomic E-state index is 0.0241. The Morgan fingerprint density at radius 1 is 1.30 bits per heavy atom. The van der Waals surface area contributed by atoms with Crippen molar-refractivity contribution in [2.75, 3.05) is 13.1 Å². The molecule has 2 aromatic rings. The Hall–Kier alpha value is -2.34. The Morgan fingerprint density at radius 3 is 2.78 bits per heavy atom. The number of carbonyl (C=O) groups is 2. The molecular weight excluding hydrogens is 312 g/mol. The molecule has 0 unspecified atom stereocenters. The molecule has 1 aliphatic heterocycles. The van der Waals surface area contributed by atoms with Gasteiger partial charge >= 0.3 is 0 Å². The predicted octanol–water partition coefficient (Wildman–Crippen LogP) is 2.78. The molecule has 1 N–H and O–H groups in total. The van der Waals surface area contributed by atoms with Crippen LogP contribution in [0, 0.1) is 0 Å². The zero-order valence-electron chi connectivity index (χ0n) is 12.6. The zero-order valence-corrected chi connectivity index (χ0v) is 13.4. The lowest BCUT2D eigenvalue weighted by Crippen LogP contribution is -2.46. The molecular formula is C17H18N2O3S. The number of nitrogens with one attached hydrogen (secondary N) is 1. The first-order valence-corrected chi connectivity index (χ1v) is 8.50. The molecule has 3 rings (SSSR count). The highest BCUT2D eigenvalue weighted by Gasteiger charge is 2.23. The van der Waals surface area contributed by atoms with Gasteiger partial charge < -0.3 is 14.6 Å². The van der Waals surface area contributed by atoms with Gasteiger partial charge in [-0.15, -0.1) is 0 Å². The quantitative estimate of drug-likeness (QED) is 0.877. The lowest BCUT2D eigenvalue weighted by atomic mass is 10.0. The highest BCUT2D eigenvalue weighted by Crippen LogP contribution is 2.13. The van der Waals surface area contributed by atoms with Gasteiger partial charge in [0, 0.05) is 36.2 Å². The molecule has 2 aromatic heterocycles. The van der Waals surface area contributed by atoms with E-state index in [2.05, 4.69) is 5.32 Å². The fraction of sp³-hybridized carbons (Fsp3) is 0.294. The minimum Gasteiger partial charge on any atom is -0.465 e. The Kier molecular flexibility index (Phi) is 4.92. The highest BCUT2D eigenvalue weighted by molar-refractivity contribution is 7.08. The zero-order chi connectivity index (χ0) is 16.1. The molecule has 23 heavy (non-hydrogen) atoms. The number of piperidine rings is 1. The molecule has 1 fully saturated rings. The summed E-state index contributed by atoms with van der Waals surface area (Å²) in [4.78, 5) is 25.9. The van der Waals surface area contributed by atoms with E-state index in [4.69, 9.17) is 4.42 Å². The Balaban J connectivity index is 1.46. The summed E-state index contributed by atoms with van der Waals surface area (Å²) in [6, 6.07) is 5.53. The van der Waals surface area contributed by atoms with Gasteiger partial charge in [-0.2, -0.15) is 11.3 Å². The third-order valence-electron chi connectivity index (χ3n) is 3.86. The van der Waals surface area contributed by atoms with Gasteiger partial charge in [-0.3, -0.25) is 9.59 Å². The SMILES string of the molecule is O=C(NC1CCN(C(=O)/C=C/c2ccco2)CC1)c1ccsc1. The smallest absolute Gasteiger partial charge is 0.252 e. The molecule has 0 radical (unpaired) electrons. The fourth-order valence-corrected chi connectivity index (χ4v) is 3.19. The van der Waals surface area contributed by atoms with Crippen LogP contribution in [0.2, 0.25) is 0 Å². The molecule has 1 aliphatic rings. The number of carbonyl (C=O) groups excluding carboxylic acids is 2. The van der Waals surface area contributed by atoms with Crippen LogP contribution >= 0.6 is 11.3 Å². The summed E-state index contributed by atoms with van der Waals surface area (Å²) in [5.41, 5.74) is 0.704. The van der Waals surface area contributed by atoms with E-state index in [1.165, 1.54) is 17.4 Å². The predicted molar refractivity (Wildman–Crippen MR) is 89.1 cm³/mol. The monoisotopic (exact) mass is 330 g/mol. The molecule has 2 amide bonds. The van der Waals surface area contributed by atoms with Crippen molar-refractivity contribution in [3.8, 4) is 0 Å². The molecule has 5 nitrogen and oxygen atoms in total. The summed E-state index contributed by atoms with van der Waals surface area (Å²) in [7, 11) is 0. The Bertz CT molecular complexity index is 669. The molecule has 3 heterocycles. The van der Waals surface area contributed by atoms with E-state index in [1.54, 1.807) is 29.4 Å². The second kappa shape index (κ2) is 7.28. The average Bonchev–Trinajstić information content (AvgIpc) is 3.26. The molecule has 0 aromatic carbocycles. The summed E-state index contributed by atoms with van der Waals surface area (Å²) < 4.78 is 5.16. The van der Waals surface area contributed by atoms with Crippen molar-refractivity contribution in [3.05, 3.63) is 52.6 Å².